The van der Waals surface area contributed by atoms with Crippen LogP contribution in [0.1, 0.15) is 92.4 Å². The molecule has 4 aliphatic rings. The molecule has 29 heavy (non-hydrogen) atoms. The number of Topliss-reactive ketones (excluding diaryl/α,β-unsaturated/α-hetero) is 1. The lowest BCUT2D eigenvalue weighted by Crippen LogP contribution is -2.54. The van der Waals surface area contributed by atoms with Crippen molar-refractivity contribution in [2.45, 2.75) is 98.5 Å². The number of ketones is 1. The van der Waals surface area contributed by atoms with Crippen molar-refractivity contribution in [3.8, 4) is 0 Å². The van der Waals surface area contributed by atoms with Gasteiger partial charge in [-0.3, -0.25) is 4.79 Å². The fourth-order valence-corrected chi connectivity index (χ4v) is 8.31. The van der Waals surface area contributed by atoms with Gasteiger partial charge in [0.15, 0.2) is 0 Å². The molecule has 1 unspecified atom stereocenters. The number of aliphatic hydroxyl groups excluding tert-OH is 1. The molecule has 0 saturated heterocycles. The highest BCUT2D eigenvalue weighted by molar-refractivity contribution is 5.90. The lowest BCUT2D eigenvalue weighted by molar-refractivity contribution is -0.140. The van der Waals surface area contributed by atoms with Gasteiger partial charge in [-0.25, -0.2) is 0 Å². The number of aliphatic hydroxyl groups is 1. The average molecular weight is 399 g/mol. The first-order valence-electron chi connectivity index (χ1n) is 12.2. The highest BCUT2D eigenvalue weighted by atomic mass is 16.3. The molecule has 0 aromatic carbocycles. The summed E-state index contributed by atoms with van der Waals surface area (Å²) >= 11 is 0. The SMILES string of the molecule is CC(C)=CCC[C@@H](C)[C@H]1CC[C@H]2[C@@H]3CC=C4CC(O)CC(=O)[C@]4(C)[C@H]3CC[C@]12C. The Bertz CT molecular complexity index is 714. The molecule has 1 N–H and O–H groups in total. The molecular weight excluding hydrogens is 356 g/mol. The summed E-state index contributed by atoms with van der Waals surface area (Å²) < 4.78 is 0. The van der Waals surface area contributed by atoms with Crippen LogP contribution >= 0.6 is 0 Å². The molecule has 0 heterocycles. The Morgan fingerprint density at radius 1 is 1.21 bits per heavy atom. The topological polar surface area (TPSA) is 37.3 Å². The van der Waals surface area contributed by atoms with Crippen molar-refractivity contribution in [1.29, 1.82) is 0 Å². The number of fused-ring (bicyclic) bond motifs is 5. The third-order valence-corrected chi connectivity index (χ3v) is 9.87. The van der Waals surface area contributed by atoms with Crippen molar-refractivity contribution in [1.82, 2.24) is 0 Å². The van der Waals surface area contributed by atoms with E-state index in [4.69, 9.17) is 0 Å². The van der Waals surface area contributed by atoms with Gasteiger partial charge < -0.3 is 5.11 Å². The number of allylic oxidation sites excluding steroid dienone is 3. The number of hydrogen-bond acceptors (Lipinski definition) is 2. The van der Waals surface area contributed by atoms with E-state index >= 15 is 0 Å². The van der Waals surface area contributed by atoms with Gasteiger partial charge in [0.1, 0.15) is 5.78 Å². The van der Waals surface area contributed by atoms with Gasteiger partial charge in [-0.2, -0.15) is 0 Å². The zero-order valence-electron chi connectivity index (χ0n) is 19.3. The summed E-state index contributed by atoms with van der Waals surface area (Å²) in [6.45, 7) is 11.7. The molecule has 8 atom stereocenters. The second-order valence-electron chi connectivity index (χ2n) is 11.6. The molecule has 2 heteroatoms. The van der Waals surface area contributed by atoms with Crippen LogP contribution in [0.3, 0.4) is 0 Å². The lowest BCUT2D eigenvalue weighted by atomic mass is 9.46. The van der Waals surface area contributed by atoms with Crippen LogP contribution in [0.25, 0.3) is 0 Å². The van der Waals surface area contributed by atoms with E-state index in [0.29, 0.717) is 29.5 Å². The molecule has 0 aromatic heterocycles. The van der Waals surface area contributed by atoms with E-state index < -0.39 is 6.10 Å². The maximum Gasteiger partial charge on any atom is 0.145 e. The molecule has 162 valence electrons. The summed E-state index contributed by atoms with van der Waals surface area (Å²) in [4.78, 5) is 13.1. The van der Waals surface area contributed by atoms with Gasteiger partial charge in [-0.15, -0.1) is 0 Å². The predicted octanol–water partition coefficient (Wildman–Crippen LogP) is 6.49. The first kappa shape index (κ1) is 21.3. The predicted molar refractivity (Wildman–Crippen MR) is 119 cm³/mol. The van der Waals surface area contributed by atoms with E-state index in [-0.39, 0.29) is 5.41 Å². The van der Waals surface area contributed by atoms with Gasteiger partial charge in [0.05, 0.1) is 11.5 Å². The molecule has 2 nitrogen and oxygen atoms in total. The highest BCUT2D eigenvalue weighted by Crippen LogP contribution is 2.66. The number of carbonyl (C=O) groups excluding carboxylic acids is 1. The molecule has 0 bridgehead atoms. The van der Waals surface area contributed by atoms with Crippen LogP contribution in [0.5, 0.6) is 0 Å². The van der Waals surface area contributed by atoms with Gasteiger partial charge in [0, 0.05) is 6.42 Å². The molecule has 0 spiro atoms. The first-order chi connectivity index (χ1) is 13.7. The molecule has 4 aliphatic carbocycles. The molecular formula is C27H42O2. The van der Waals surface area contributed by atoms with Crippen molar-refractivity contribution >= 4 is 5.78 Å². The molecule has 3 fully saturated rings. The van der Waals surface area contributed by atoms with Crippen LogP contribution < -0.4 is 0 Å². The largest absolute Gasteiger partial charge is 0.392 e. The third-order valence-electron chi connectivity index (χ3n) is 9.87. The summed E-state index contributed by atoms with van der Waals surface area (Å²) in [5, 5.41) is 10.2. The van der Waals surface area contributed by atoms with Crippen LogP contribution in [0, 0.1) is 40.4 Å². The normalized spacial score (nSPS) is 45.0. The van der Waals surface area contributed by atoms with Crippen molar-refractivity contribution in [2.75, 3.05) is 0 Å². The van der Waals surface area contributed by atoms with E-state index in [0.717, 1.165) is 30.6 Å². The number of hydrogen-bond donors (Lipinski definition) is 1. The highest BCUT2D eigenvalue weighted by Gasteiger charge is 2.60. The van der Waals surface area contributed by atoms with Crippen LogP contribution in [0.15, 0.2) is 23.3 Å². The van der Waals surface area contributed by atoms with E-state index in [1.165, 1.54) is 49.7 Å². The quantitative estimate of drug-likeness (QED) is 0.550. The minimum Gasteiger partial charge on any atom is -0.392 e. The molecule has 3 saturated carbocycles. The molecule has 0 aromatic rings. The minimum atomic E-state index is -0.454. The van der Waals surface area contributed by atoms with Gasteiger partial charge in [-0.1, -0.05) is 37.1 Å². The minimum absolute atomic E-state index is 0.295. The van der Waals surface area contributed by atoms with Crippen LogP contribution in [0.4, 0.5) is 0 Å². The fraction of sp³-hybridized carbons (Fsp3) is 0.815. The Kier molecular flexibility index (Phi) is 5.64. The fourth-order valence-electron chi connectivity index (χ4n) is 8.31. The zero-order chi connectivity index (χ0) is 21.0. The van der Waals surface area contributed by atoms with Crippen molar-refractivity contribution in [2.24, 2.45) is 40.4 Å². The number of carbonyl (C=O) groups is 1. The maximum atomic E-state index is 13.1. The van der Waals surface area contributed by atoms with Crippen molar-refractivity contribution in [3.05, 3.63) is 23.3 Å². The van der Waals surface area contributed by atoms with Crippen molar-refractivity contribution in [3.63, 3.8) is 0 Å². The summed E-state index contributed by atoms with van der Waals surface area (Å²) in [7, 11) is 0. The molecule has 4 rings (SSSR count). The molecule has 0 radical (unpaired) electrons. The van der Waals surface area contributed by atoms with E-state index in [1.54, 1.807) is 0 Å². The summed E-state index contributed by atoms with van der Waals surface area (Å²) in [6, 6.07) is 0. The van der Waals surface area contributed by atoms with Gasteiger partial charge in [-0.05, 0) is 107 Å². The summed E-state index contributed by atoms with van der Waals surface area (Å²) in [5.41, 5.74) is 2.85. The third kappa shape index (κ3) is 3.38. The lowest BCUT2D eigenvalue weighted by Gasteiger charge is -2.57. The van der Waals surface area contributed by atoms with Crippen LogP contribution in [0.2, 0.25) is 0 Å². The first-order valence-corrected chi connectivity index (χ1v) is 12.2. The second-order valence-corrected chi connectivity index (χ2v) is 11.6. The van der Waals surface area contributed by atoms with E-state index in [9.17, 15) is 9.90 Å². The monoisotopic (exact) mass is 398 g/mol. The van der Waals surface area contributed by atoms with Crippen molar-refractivity contribution < 1.29 is 9.90 Å². The van der Waals surface area contributed by atoms with Crippen LogP contribution in [-0.4, -0.2) is 17.0 Å². The van der Waals surface area contributed by atoms with Gasteiger partial charge in [0.2, 0.25) is 0 Å². The Morgan fingerprint density at radius 2 is 1.97 bits per heavy atom. The molecule has 0 amide bonds. The second kappa shape index (κ2) is 7.66. The standard InChI is InChI=1S/C27H42O2/c1-17(2)7-6-8-18(3)22-11-12-23-21-10-9-19-15-20(28)16-25(29)27(19,5)24(21)13-14-26(22,23)4/h7,9,18,20-24,28H,6,8,10-16H2,1-5H3/t18-,20?,21+,22-,23+,24+,26-,27+/m1/s1. The van der Waals surface area contributed by atoms with Gasteiger partial charge in [0.25, 0.3) is 0 Å². The Balaban J connectivity index is 1.55. The zero-order valence-corrected chi connectivity index (χ0v) is 19.3. The van der Waals surface area contributed by atoms with Gasteiger partial charge >= 0.3 is 0 Å². The maximum absolute atomic E-state index is 13.1. The average Bonchev–Trinajstić information content (AvgIpc) is 3.00. The smallest absolute Gasteiger partial charge is 0.145 e. The Labute approximate surface area is 178 Å². The summed E-state index contributed by atoms with van der Waals surface area (Å²) in [6.07, 6.45) is 14.3. The number of rotatable bonds is 4. The van der Waals surface area contributed by atoms with Crippen LogP contribution in [-0.2, 0) is 4.79 Å². The van der Waals surface area contributed by atoms with E-state index in [2.05, 4.69) is 46.8 Å². The molecule has 0 aliphatic heterocycles. The van der Waals surface area contributed by atoms with E-state index in [1.807, 2.05) is 0 Å². The Hall–Kier alpha value is -0.890. The Morgan fingerprint density at radius 3 is 2.69 bits per heavy atom. The summed E-state index contributed by atoms with van der Waals surface area (Å²) in [5.74, 6) is 3.86.